The number of carbonyl (C=O) groups is 1. The first-order chi connectivity index (χ1) is 11.0. The van der Waals surface area contributed by atoms with Crippen molar-refractivity contribution in [3.8, 4) is 0 Å². The molecule has 0 spiro atoms. The second kappa shape index (κ2) is 6.18. The standard InChI is InChI=1S/C17H23N3O3/c1-5-14-18-16(19-23-14)13-7-6-8-20(9-13)17(21)15-10(2)11(3)22-12(15)4/h13H,5-9H2,1-4H3. The first kappa shape index (κ1) is 15.8. The van der Waals surface area contributed by atoms with Gasteiger partial charge in [0.15, 0.2) is 5.82 Å². The highest BCUT2D eigenvalue weighted by molar-refractivity contribution is 5.97. The quantitative estimate of drug-likeness (QED) is 0.869. The highest BCUT2D eigenvalue weighted by Crippen LogP contribution is 2.28. The maximum atomic E-state index is 12.9. The minimum Gasteiger partial charge on any atom is -0.466 e. The summed E-state index contributed by atoms with van der Waals surface area (Å²) in [7, 11) is 0. The van der Waals surface area contributed by atoms with Gasteiger partial charge in [0.2, 0.25) is 5.89 Å². The molecule has 0 bridgehead atoms. The van der Waals surface area contributed by atoms with E-state index < -0.39 is 0 Å². The van der Waals surface area contributed by atoms with Gasteiger partial charge in [-0.1, -0.05) is 12.1 Å². The normalized spacial score (nSPS) is 18.4. The van der Waals surface area contributed by atoms with Gasteiger partial charge in [0.05, 0.1) is 5.56 Å². The molecule has 1 aliphatic rings. The Balaban J connectivity index is 1.79. The van der Waals surface area contributed by atoms with E-state index in [0.29, 0.717) is 23.8 Å². The summed E-state index contributed by atoms with van der Waals surface area (Å²) in [5.41, 5.74) is 1.63. The van der Waals surface area contributed by atoms with Crippen LogP contribution in [0.5, 0.6) is 0 Å². The molecule has 1 aliphatic heterocycles. The highest BCUT2D eigenvalue weighted by Gasteiger charge is 2.31. The van der Waals surface area contributed by atoms with Crippen LogP contribution in [0.25, 0.3) is 0 Å². The van der Waals surface area contributed by atoms with Crippen LogP contribution in [0, 0.1) is 20.8 Å². The van der Waals surface area contributed by atoms with E-state index in [0.717, 1.165) is 43.0 Å². The topological polar surface area (TPSA) is 72.4 Å². The largest absolute Gasteiger partial charge is 0.466 e. The lowest BCUT2D eigenvalue weighted by atomic mass is 9.96. The molecule has 0 N–H and O–H groups in total. The van der Waals surface area contributed by atoms with Crippen LogP contribution in [-0.2, 0) is 6.42 Å². The molecule has 0 aliphatic carbocycles. The molecule has 3 heterocycles. The van der Waals surface area contributed by atoms with Gasteiger partial charge in [-0.25, -0.2) is 0 Å². The minimum absolute atomic E-state index is 0.0424. The molecular formula is C17H23N3O3. The van der Waals surface area contributed by atoms with Crippen molar-refractivity contribution in [1.82, 2.24) is 15.0 Å². The molecule has 0 saturated carbocycles. The van der Waals surface area contributed by atoms with E-state index in [4.69, 9.17) is 8.94 Å². The van der Waals surface area contributed by atoms with Gasteiger partial charge in [0.25, 0.3) is 5.91 Å². The number of nitrogens with zero attached hydrogens (tertiary/aromatic N) is 3. The lowest BCUT2D eigenvalue weighted by Gasteiger charge is -2.31. The number of furan rings is 1. The predicted octanol–water partition coefficient (Wildman–Crippen LogP) is 3.17. The summed E-state index contributed by atoms with van der Waals surface area (Å²) in [6, 6.07) is 0. The van der Waals surface area contributed by atoms with E-state index in [1.54, 1.807) is 0 Å². The first-order valence-electron chi connectivity index (χ1n) is 8.19. The molecule has 1 amide bonds. The van der Waals surface area contributed by atoms with Gasteiger partial charge in [-0.15, -0.1) is 0 Å². The molecule has 2 aromatic heterocycles. The number of amides is 1. The molecule has 6 nitrogen and oxygen atoms in total. The van der Waals surface area contributed by atoms with Crippen LogP contribution in [0.15, 0.2) is 8.94 Å². The number of carbonyl (C=O) groups excluding carboxylic acids is 1. The number of aryl methyl sites for hydroxylation is 3. The molecule has 0 radical (unpaired) electrons. The lowest BCUT2D eigenvalue weighted by molar-refractivity contribution is 0.0701. The molecule has 6 heteroatoms. The van der Waals surface area contributed by atoms with E-state index in [2.05, 4.69) is 10.1 Å². The Hall–Kier alpha value is -2.11. The van der Waals surface area contributed by atoms with Gasteiger partial charge < -0.3 is 13.8 Å². The molecule has 1 fully saturated rings. The third-order valence-electron chi connectivity index (χ3n) is 4.64. The van der Waals surface area contributed by atoms with Crippen molar-refractivity contribution in [1.29, 1.82) is 0 Å². The van der Waals surface area contributed by atoms with E-state index >= 15 is 0 Å². The average Bonchev–Trinajstić information content (AvgIpc) is 3.12. The van der Waals surface area contributed by atoms with Gasteiger partial charge in [-0.2, -0.15) is 4.98 Å². The molecular weight excluding hydrogens is 294 g/mol. The average molecular weight is 317 g/mol. The highest BCUT2D eigenvalue weighted by atomic mass is 16.5. The Morgan fingerprint density at radius 3 is 2.70 bits per heavy atom. The van der Waals surface area contributed by atoms with Crippen molar-refractivity contribution in [3.05, 3.63) is 34.4 Å². The van der Waals surface area contributed by atoms with Crippen molar-refractivity contribution < 1.29 is 13.7 Å². The molecule has 1 atom stereocenters. The number of rotatable bonds is 3. The maximum Gasteiger partial charge on any atom is 0.257 e. The smallest absolute Gasteiger partial charge is 0.257 e. The van der Waals surface area contributed by atoms with E-state index in [-0.39, 0.29) is 11.8 Å². The van der Waals surface area contributed by atoms with E-state index in [9.17, 15) is 4.79 Å². The molecule has 1 unspecified atom stereocenters. The fraction of sp³-hybridized carbons (Fsp3) is 0.588. The van der Waals surface area contributed by atoms with Gasteiger partial charge >= 0.3 is 0 Å². The van der Waals surface area contributed by atoms with Crippen LogP contribution in [0.1, 0.15) is 64.8 Å². The zero-order valence-corrected chi connectivity index (χ0v) is 14.2. The summed E-state index contributed by atoms with van der Waals surface area (Å²) in [6.45, 7) is 9.06. The second-order valence-electron chi connectivity index (χ2n) is 6.20. The molecule has 124 valence electrons. The van der Waals surface area contributed by atoms with Crippen molar-refractivity contribution >= 4 is 5.91 Å². The summed E-state index contributed by atoms with van der Waals surface area (Å²) in [4.78, 5) is 19.2. The van der Waals surface area contributed by atoms with E-state index in [1.807, 2.05) is 32.6 Å². The summed E-state index contributed by atoms with van der Waals surface area (Å²) < 4.78 is 10.8. The number of hydrogen-bond acceptors (Lipinski definition) is 5. The molecule has 0 aromatic carbocycles. The Morgan fingerprint density at radius 1 is 1.30 bits per heavy atom. The predicted molar refractivity (Wildman–Crippen MR) is 84.5 cm³/mol. The Kier molecular flexibility index (Phi) is 4.24. The van der Waals surface area contributed by atoms with Crippen molar-refractivity contribution in [3.63, 3.8) is 0 Å². The number of aromatic nitrogens is 2. The van der Waals surface area contributed by atoms with Crippen LogP contribution >= 0.6 is 0 Å². The fourth-order valence-electron chi connectivity index (χ4n) is 3.22. The first-order valence-corrected chi connectivity index (χ1v) is 8.19. The number of likely N-dealkylation sites (tertiary alicyclic amines) is 1. The maximum absolute atomic E-state index is 12.9. The van der Waals surface area contributed by atoms with Crippen molar-refractivity contribution in [2.24, 2.45) is 0 Å². The summed E-state index contributed by atoms with van der Waals surface area (Å²) in [6.07, 6.45) is 2.66. The van der Waals surface area contributed by atoms with Gasteiger partial charge in [-0.05, 0) is 33.6 Å². The van der Waals surface area contributed by atoms with Crippen LogP contribution < -0.4 is 0 Å². The van der Waals surface area contributed by atoms with Crippen LogP contribution in [-0.4, -0.2) is 34.0 Å². The van der Waals surface area contributed by atoms with Crippen molar-refractivity contribution in [2.75, 3.05) is 13.1 Å². The zero-order chi connectivity index (χ0) is 16.6. The Bertz CT molecular complexity index is 717. The second-order valence-corrected chi connectivity index (χ2v) is 6.20. The van der Waals surface area contributed by atoms with Crippen LogP contribution in [0.2, 0.25) is 0 Å². The Morgan fingerprint density at radius 2 is 2.09 bits per heavy atom. The summed E-state index contributed by atoms with van der Waals surface area (Å²) in [5, 5.41) is 4.07. The Labute approximate surface area is 135 Å². The summed E-state index contributed by atoms with van der Waals surface area (Å²) >= 11 is 0. The van der Waals surface area contributed by atoms with Crippen LogP contribution in [0.3, 0.4) is 0 Å². The number of hydrogen-bond donors (Lipinski definition) is 0. The lowest BCUT2D eigenvalue weighted by Crippen LogP contribution is -2.39. The number of piperidine rings is 1. The molecule has 2 aromatic rings. The third-order valence-corrected chi connectivity index (χ3v) is 4.64. The van der Waals surface area contributed by atoms with E-state index in [1.165, 1.54) is 0 Å². The van der Waals surface area contributed by atoms with Crippen LogP contribution in [0.4, 0.5) is 0 Å². The summed E-state index contributed by atoms with van der Waals surface area (Å²) in [5.74, 6) is 3.06. The van der Waals surface area contributed by atoms with Gasteiger partial charge in [0, 0.05) is 31.0 Å². The zero-order valence-electron chi connectivity index (χ0n) is 14.2. The third kappa shape index (κ3) is 2.90. The van der Waals surface area contributed by atoms with Gasteiger partial charge in [-0.3, -0.25) is 4.79 Å². The molecule has 1 saturated heterocycles. The monoisotopic (exact) mass is 317 g/mol. The molecule has 23 heavy (non-hydrogen) atoms. The van der Waals surface area contributed by atoms with Gasteiger partial charge in [0.1, 0.15) is 11.5 Å². The SMILES string of the molecule is CCc1nc(C2CCCN(C(=O)c3c(C)oc(C)c3C)C2)no1. The van der Waals surface area contributed by atoms with Crippen molar-refractivity contribution in [2.45, 2.75) is 52.9 Å². The minimum atomic E-state index is 0.0424. The molecule has 3 rings (SSSR count). The fourth-order valence-corrected chi connectivity index (χ4v) is 3.22.